The zero-order valence-corrected chi connectivity index (χ0v) is 20.0. The minimum Gasteiger partial charge on any atom is -0.461 e. The molecule has 3 aliphatic carbocycles. The molecular formula is C27H38O4. The number of fused-ring (bicyclic) bond motifs is 3. The van der Waals surface area contributed by atoms with Gasteiger partial charge in [0.05, 0.1) is 5.41 Å². The van der Waals surface area contributed by atoms with Crippen molar-refractivity contribution in [1.82, 2.24) is 0 Å². The Bertz CT molecular complexity index is 876. The van der Waals surface area contributed by atoms with Gasteiger partial charge in [-0.05, 0) is 87.2 Å². The van der Waals surface area contributed by atoms with Gasteiger partial charge in [0.2, 0.25) is 0 Å². The highest BCUT2D eigenvalue weighted by Crippen LogP contribution is 2.62. The lowest BCUT2D eigenvalue weighted by Gasteiger charge is -2.57. The molecule has 5 unspecified atom stereocenters. The lowest BCUT2D eigenvalue weighted by molar-refractivity contribution is -0.173. The summed E-state index contributed by atoms with van der Waals surface area (Å²) in [4.78, 5) is 25.2. The van der Waals surface area contributed by atoms with E-state index in [0.717, 1.165) is 24.8 Å². The van der Waals surface area contributed by atoms with Crippen molar-refractivity contribution in [2.24, 2.45) is 28.6 Å². The van der Waals surface area contributed by atoms with Gasteiger partial charge in [-0.15, -0.1) is 0 Å². The van der Waals surface area contributed by atoms with Gasteiger partial charge in [0.1, 0.15) is 6.61 Å². The van der Waals surface area contributed by atoms with E-state index in [2.05, 4.69) is 39.8 Å². The van der Waals surface area contributed by atoms with E-state index in [1.54, 1.807) is 12.5 Å². The molecule has 4 nitrogen and oxygen atoms in total. The number of hydrogen-bond donors (Lipinski definition) is 0. The molecule has 0 aromatic carbocycles. The summed E-state index contributed by atoms with van der Waals surface area (Å²) < 4.78 is 11.2. The molecule has 0 radical (unpaired) electrons. The maximum Gasteiger partial charge on any atom is 0.334 e. The van der Waals surface area contributed by atoms with Crippen LogP contribution in [0, 0.1) is 28.6 Å². The van der Waals surface area contributed by atoms with Crippen LogP contribution < -0.4 is 0 Å². The average molecular weight is 427 g/mol. The molecule has 0 aromatic rings. The third-order valence-corrected chi connectivity index (χ3v) is 9.04. The second kappa shape index (κ2) is 7.94. The number of hydrogen-bond acceptors (Lipinski definition) is 4. The van der Waals surface area contributed by atoms with Gasteiger partial charge in [0, 0.05) is 5.57 Å². The molecule has 31 heavy (non-hydrogen) atoms. The predicted molar refractivity (Wildman–Crippen MR) is 121 cm³/mol. The Labute approximate surface area is 187 Å². The largest absolute Gasteiger partial charge is 0.461 e. The molecular weight excluding hydrogens is 388 g/mol. The van der Waals surface area contributed by atoms with Crippen LogP contribution in [0.3, 0.4) is 0 Å². The van der Waals surface area contributed by atoms with E-state index >= 15 is 0 Å². The van der Waals surface area contributed by atoms with Crippen LogP contribution in [-0.2, 0) is 19.1 Å². The molecule has 4 aliphatic rings. The van der Waals surface area contributed by atoms with Gasteiger partial charge in [0.25, 0.3) is 0 Å². The fourth-order valence-corrected chi connectivity index (χ4v) is 6.77. The van der Waals surface area contributed by atoms with Gasteiger partial charge >= 0.3 is 11.9 Å². The minimum absolute atomic E-state index is 0.122. The SMILES string of the molecule is CC1=C(C)C(COC(=O)C2(C)CCCC3(C)C4CCC(C(C)C)=CC4=CCC23)OC1=O. The van der Waals surface area contributed by atoms with Crippen molar-refractivity contribution in [2.75, 3.05) is 6.61 Å². The van der Waals surface area contributed by atoms with Gasteiger partial charge in [-0.2, -0.15) is 0 Å². The highest BCUT2D eigenvalue weighted by Gasteiger charge is 2.57. The fourth-order valence-electron chi connectivity index (χ4n) is 6.77. The zero-order valence-electron chi connectivity index (χ0n) is 20.0. The smallest absolute Gasteiger partial charge is 0.334 e. The summed E-state index contributed by atoms with van der Waals surface area (Å²) in [5.41, 5.74) is 4.20. The Kier molecular flexibility index (Phi) is 5.72. The Morgan fingerprint density at radius 2 is 2.00 bits per heavy atom. The van der Waals surface area contributed by atoms with Crippen LogP contribution >= 0.6 is 0 Å². The van der Waals surface area contributed by atoms with Gasteiger partial charge < -0.3 is 9.47 Å². The monoisotopic (exact) mass is 426 g/mol. The number of rotatable bonds is 4. The van der Waals surface area contributed by atoms with Gasteiger partial charge in [-0.3, -0.25) is 4.79 Å². The predicted octanol–water partition coefficient (Wildman–Crippen LogP) is 5.93. The molecule has 0 saturated heterocycles. The zero-order chi connectivity index (χ0) is 22.6. The second-order valence-corrected chi connectivity index (χ2v) is 11.0. The summed E-state index contributed by atoms with van der Waals surface area (Å²) in [5, 5.41) is 0. The number of cyclic esters (lactones) is 1. The Hall–Kier alpha value is -1.84. The van der Waals surface area contributed by atoms with Crippen molar-refractivity contribution in [3.8, 4) is 0 Å². The standard InChI is InChI=1S/C27H38O4/c1-16(2)19-8-10-21-20(14-19)9-11-23-26(21,5)12-7-13-27(23,6)25(29)30-15-22-17(3)18(4)24(28)31-22/h9,14,16,21-23H,7-8,10-13,15H2,1-6H3. The molecule has 170 valence electrons. The van der Waals surface area contributed by atoms with E-state index in [1.165, 1.54) is 24.8 Å². The maximum atomic E-state index is 13.4. The van der Waals surface area contributed by atoms with E-state index in [0.29, 0.717) is 17.4 Å². The third kappa shape index (κ3) is 3.60. The number of carbonyl (C=O) groups is 2. The lowest BCUT2D eigenvalue weighted by Crippen LogP contribution is -2.53. The lowest BCUT2D eigenvalue weighted by atomic mass is 9.47. The van der Waals surface area contributed by atoms with Crippen LogP contribution in [0.2, 0.25) is 0 Å². The van der Waals surface area contributed by atoms with E-state index in [4.69, 9.17) is 9.47 Å². The highest BCUT2D eigenvalue weighted by molar-refractivity contribution is 5.91. The molecule has 5 atom stereocenters. The highest BCUT2D eigenvalue weighted by atomic mass is 16.6. The number of allylic oxidation sites excluding steroid dienone is 4. The Morgan fingerprint density at radius 3 is 2.65 bits per heavy atom. The molecule has 0 aromatic heterocycles. The van der Waals surface area contributed by atoms with Crippen LogP contribution in [-0.4, -0.2) is 24.6 Å². The summed E-state index contributed by atoms with van der Waals surface area (Å²) in [5.74, 6) is 0.997. The van der Waals surface area contributed by atoms with Crippen LogP contribution in [0.15, 0.2) is 34.4 Å². The minimum atomic E-state index is -0.494. The summed E-state index contributed by atoms with van der Waals surface area (Å²) in [6.45, 7) is 12.9. The molecule has 1 saturated carbocycles. The molecule has 4 rings (SSSR count). The quantitative estimate of drug-likeness (QED) is 0.523. The van der Waals surface area contributed by atoms with Gasteiger partial charge in [-0.25, -0.2) is 4.79 Å². The first-order chi connectivity index (χ1) is 14.6. The number of esters is 2. The Morgan fingerprint density at radius 1 is 1.26 bits per heavy atom. The van der Waals surface area contributed by atoms with Crippen LogP contribution in [0.25, 0.3) is 0 Å². The summed E-state index contributed by atoms with van der Waals surface area (Å²) in [6.07, 6.45) is 10.8. The first-order valence-corrected chi connectivity index (χ1v) is 12.0. The van der Waals surface area contributed by atoms with Crippen molar-refractivity contribution in [1.29, 1.82) is 0 Å². The van der Waals surface area contributed by atoms with Crippen molar-refractivity contribution in [2.45, 2.75) is 86.2 Å². The van der Waals surface area contributed by atoms with Crippen molar-refractivity contribution in [3.63, 3.8) is 0 Å². The normalized spacial score (nSPS) is 37.6. The molecule has 1 heterocycles. The fraction of sp³-hybridized carbons (Fsp3) is 0.704. The molecule has 1 aliphatic heterocycles. The van der Waals surface area contributed by atoms with Crippen LogP contribution in [0.4, 0.5) is 0 Å². The molecule has 0 N–H and O–H groups in total. The number of ether oxygens (including phenoxy) is 2. The first-order valence-electron chi connectivity index (χ1n) is 12.0. The van der Waals surface area contributed by atoms with E-state index in [-0.39, 0.29) is 29.9 Å². The van der Waals surface area contributed by atoms with Gasteiger partial charge in [0.15, 0.2) is 6.10 Å². The van der Waals surface area contributed by atoms with Crippen LogP contribution in [0.1, 0.15) is 80.1 Å². The molecule has 1 fully saturated rings. The molecule has 4 heteroatoms. The Balaban J connectivity index is 1.53. The second-order valence-electron chi connectivity index (χ2n) is 11.0. The first kappa shape index (κ1) is 22.4. The topological polar surface area (TPSA) is 52.6 Å². The summed E-state index contributed by atoms with van der Waals surface area (Å²) in [6, 6.07) is 0. The average Bonchev–Trinajstić information content (AvgIpc) is 2.98. The molecule has 0 spiro atoms. The maximum absolute atomic E-state index is 13.4. The van der Waals surface area contributed by atoms with Crippen LogP contribution in [0.5, 0.6) is 0 Å². The van der Waals surface area contributed by atoms with Crippen molar-refractivity contribution in [3.05, 3.63) is 34.4 Å². The van der Waals surface area contributed by atoms with Gasteiger partial charge in [-0.1, -0.05) is 44.9 Å². The molecule has 0 amide bonds. The third-order valence-electron chi connectivity index (χ3n) is 9.04. The van der Waals surface area contributed by atoms with Crippen molar-refractivity contribution >= 4 is 11.9 Å². The van der Waals surface area contributed by atoms with Crippen molar-refractivity contribution < 1.29 is 19.1 Å². The van der Waals surface area contributed by atoms with E-state index in [9.17, 15) is 9.59 Å². The van der Waals surface area contributed by atoms with E-state index in [1.807, 2.05) is 6.92 Å². The summed E-state index contributed by atoms with van der Waals surface area (Å²) in [7, 11) is 0. The molecule has 0 bridgehead atoms. The van der Waals surface area contributed by atoms with E-state index < -0.39 is 11.5 Å². The summed E-state index contributed by atoms with van der Waals surface area (Å²) >= 11 is 0. The number of carbonyl (C=O) groups excluding carboxylic acids is 2.